The summed E-state index contributed by atoms with van der Waals surface area (Å²) in [6.45, 7) is 6.00. The smallest absolute Gasteiger partial charge is 0.0927 e. The molecule has 0 unspecified atom stereocenters. The highest BCUT2D eigenvalue weighted by atomic mass is 15.3. The third kappa shape index (κ3) is 2.41. The van der Waals surface area contributed by atoms with Gasteiger partial charge in [0.15, 0.2) is 0 Å². The Bertz CT molecular complexity index is 739. The van der Waals surface area contributed by atoms with E-state index in [-0.39, 0.29) is 0 Å². The highest BCUT2D eigenvalue weighted by Gasteiger charge is 2.04. The van der Waals surface area contributed by atoms with E-state index in [1.165, 1.54) is 0 Å². The van der Waals surface area contributed by atoms with Crippen molar-refractivity contribution in [1.29, 1.82) is 0 Å². The molecule has 0 saturated carbocycles. The van der Waals surface area contributed by atoms with Crippen LogP contribution in [0, 0.1) is 0 Å². The lowest BCUT2D eigenvalue weighted by molar-refractivity contribution is 0.884. The Morgan fingerprint density at radius 1 is 1.00 bits per heavy atom. The molecule has 2 nitrogen and oxygen atoms in total. The van der Waals surface area contributed by atoms with Crippen LogP contribution in [0.5, 0.6) is 0 Å². The van der Waals surface area contributed by atoms with Crippen LogP contribution in [-0.2, 0) is 0 Å². The van der Waals surface area contributed by atoms with E-state index in [1.807, 2.05) is 60.3 Å². The number of hydrogen-bond donors (Lipinski definition) is 0. The summed E-state index contributed by atoms with van der Waals surface area (Å²) in [5, 5.41) is 4.64. The lowest BCUT2D eigenvalue weighted by Gasteiger charge is -2.03. The lowest BCUT2D eigenvalue weighted by Crippen LogP contribution is -1.94. The van der Waals surface area contributed by atoms with E-state index in [1.54, 1.807) is 0 Å². The van der Waals surface area contributed by atoms with Crippen LogP contribution < -0.4 is 0 Å². The van der Waals surface area contributed by atoms with Crippen molar-refractivity contribution in [2.75, 3.05) is 0 Å². The van der Waals surface area contributed by atoms with Gasteiger partial charge in [0.1, 0.15) is 0 Å². The van der Waals surface area contributed by atoms with E-state index in [2.05, 4.69) is 29.9 Å². The zero-order chi connectivity index (χ0) is 13.9. The standard InChI is InChI=1S/C18H16N2/c1-14(2)15-7-6-8-16(13-15)18-11-12-20(19-18)17-9-4-3-5-10-17/h3-13H,1H2,2H3. The van der Waals surface area contributed by atoms with E-state index >= 15 is 0 Å². The van der Waals surface area contributed by atoms with Gasteiger partial charge in [-0.05, 0) is 36.8 Å². The Labute approximate surface area is 119 Å². The third-order valence-corrected chi connectivity index (χ3v) is 3.26. The molecule has 2 heteroatoms. The molecule has 0 radical (unpaired) electrons. The molecule has 2 aromatic carbocycles. The number of nitrogens with zero attached hydrogens (tertiary/aromatic N) is 2. The summed E-state index contributed by atoms with van der Waals surface area (Å²) in [5.41, 5.74) is 5.36. The molecule has 20 heavy (non-hydrogen) atoms. The first-order valence-electron chi connectivity index (χ1n) is 6.61. The first-order chi connectivity index (χ1) is 9.74. The normalized spacial score (nSPS) is 10.4. The molecule has 0 aliphatic carbocycles. The monoisotopic (exact) mass is 260 g/mol. The second-order valence-corrected chi connectivity index (χ2v) is 4.84. The largest absolute Gasteiger partial charge is 0.240 e. The quantitative estimate of drug-likeness (QED) is 0.674. The summed E-state index contributed by atoms with van der Waals surface area (Å²) in [4.78, 5) is 0. The van der Waals surface area contributed by atoms with Crippen LogP contribution in [0.2, 0.25) is 0 Å². The molecule has 1 aromatic heterocycles. The maximum Gasteiger partial charge on any atom is 0.0927 e. The summed E-state index contributed by atoms with van der Waals surface area (Å²) in [6, 6.07) is 20.5. The Hall–Kier alpha value is -2.61. The Morgan fingerprint density at radius 2 is 1.80 bits per heavy atom. The van der Waals surface area contributed by atoms with E-state index in [4.69, 9.17) is 0 Å². The van der Waals surface area contributed by atoms with Gasteiger partial charge in [-0.2, -0.15) is 5.10 Å². The second-order valence-electron chi connectivity index (χ2n) is 4.84. The number of para-hydroxylation sites is 1. The molecule has 0 saturated heterocycles. The predicted molar refractivity (Wildman–Crippen MR) is 83.7 cm³/mol. The molecule has 0 atom stereocenters. The average Bonchev–Trinajstić information content (AvgIpc) is 2.98. The van der Waals surface area contributed by atoms with Gasteiger partial charge in [-0.1, -0.05) is 48.6 Å². The van der Waals surface area contributed by atoms with Crippen LogP contribution in [-0.4, -0.2) is 9.78 Å². The van der Waals surface area contributed by atoms with Crippen molar-refractivity contribution >= 4 is 5.57 Å². The van der Waals surface area contributed by atoms with Gasteiger partial charge >= 0.3 is 0 Å². The van der Waals surface area contributed by atoms with Crippen molar-refractivity contribution in [3.8, 4) is 16.9 Å². The van der Waals surface area contributed by atoms with E-state index < -0.39 is 0 Å². The van der Waals surface area contributed by atoms with Gasteiger partial charge in [0.25, 0.3) is 0 Å². The molecule has 1 heterocycles. The maximum absolute atomic E-state index is 4.64. The molecular weight excluding hydrogens is 244 g/mol. The first-order valence-corrected chi connectivity index (χ1v) is 6.61. The summed E-state index contributed by atoms with van der Waals surface area (Å²) in [6.07, 6.45) is 1.98. The fraction of sp³-hybridized carbons (Fsp3) is 0.0556. The van der Waals surface area contributed by atoms with Crippen molar-refractivity contribution in [2.24, 2.45) is 0 Å². The zero-order valence-corrected chi connectivity index (χ0v) is 11.5. The topological polar surface area (TPSA) is 17.8 Å². The van der Waals surface area contributed by atoms with Crippen molar-refractivity contribution in [3.63, 3.8) is 0 Å². The Morgan fingerprint density at radius 3 is 2.55 bits per heavy atom. The van der Waals surface area contributed by atoms with Gasteiger partial charge < -0.3 is 0 Å². The SMILES string of the molecule is C=C(C)c1cccc(-c2ccn(-c3ccccc3)n2)c1. The fourth-order valence-corrected chi connectivity index (χ4v) is 2.15. The molecule has 0 aliphatic rings. The van der Waals surface area contributed by atoms with Gasteiger partial charge in [-0.25, -0.2) is 4.68 Å². The summed E-state index contributed by atoms with van der Waals surface area (Å²) < 4.78 is 1.89. The highest BCUT2D eigenvalue weighted by Crippen LogP contribution is 2.22. The average molecular weight is 260 g/mol. The summed E-state index contributed by atoms with van der Waals surface area (Å²) in [5.74, 6) is 0. The molecular formula is C18H16N2. The maximum atomic E-state index is 4.64. The molecule has 0 bridgehead atoms. The van der Waals surface area contributed by atoms with E-state index in [9.17, 15) is 0 Å². The molecule has 3 aromatic rings. The van der Waals surface area contributed by atoms with Crippen LogP contribution in [0.15, 0.2) is 73.4 Å². The zero-order valence-electron chi connectivity index (χ0n) is 11.5. The minimum atomic E-state index is 0.969. The number of aromatic nitrogens is 2. The molecule has 0 N–H and O–H groups in total. The van der Waals surface area contributed by atoms with Gasteiger partial charge in [-0.3, -0.25) is 0 Å². The lowest BCUT2D eigenvalue weighted by atomic mass is 10.0. The Balaban J connectivity index is 1.98. The fourth-order valence-electron chi connectivity index (χ4n) is 2.15. The number of hydrogen-bond acceptors (Lipinski definition) is 1. The number of allylic oxidation sites excluding steroid dienone is 1. The van der Waals surface area contributed by atoms with Crippen LogP contribution in [0.4, 0.5) is 0 Å². The Kier molecular flexibility index (Phi) is 3.21. The molecule has 3 rings (SSSR count). The van der Waals surface area contributed by atoms with Gasteiger partial charge in [0, 0.05) is 11.8 Å². The first kappa shape index (κ1) is 12.4. The molecule has 0 spiro atoms. The van der Waals surface area contributed by atoms with Gasteiger partial charge in [-0.15, -0.1) is 0 Å². The van der Waals surface area contributed by atoms with E-state index in [0.717, 1.165) is 28.1 Å². The van der Waals surface area contributed by atoms with Crippen LogP contribution in [0.3, 0.4) is 0 Å². The van der Waals surface area contributed by atoms with Crippen LogP contribution in [0.25, 0.3) is 22.5 Å². The molecule has 0 amide bonds. The van der Waals surface area contributed by atoms with Crippen molar-refractivity contribution in [1.82, 2.24) is 9.78 Å². The minimum Gasteiger partial charge on any atom is -0.240 e. The van der Waals surface area contributed by atoms with Crippen molar-refractivity contribution in [2.45, 2.75) is 6.92 Å². The van der Waals surface area contributed by atoms with Gasteiger partial charge in [0.2, 0.25) is 0 Å². The van der Waals surface area contributed by atoms with Gasteiger partial charge in [0.05, 0.1) is 11.4 Å². The van der Waals surface area contributed by atoms with Crippen molar-refractivity contribution < 1.29 is 0 Å². The number of rotatable bonds is 3. The molecule has 98 valence electrons. The van der Waals surface area contributed by atoms with Crippen LogP contribution >= 0.6 is 0 Å². The minimum absolute atomic E-state index is 0.969. The molecule has 0 fully saturated rings. The summed E-state index contributed by atoms with van der Waals surface area (Å²) >= 11 is 0. The second kappa shape index (κ2) is 5.17. The predicted octanol–water partition coefficient (Wildman–Crippen LogP) is 4.57. The third-order valence-electron chi connectivity index (χ3n) is 3.26. The highest BCUT2D eigenvalue weighted by molar-refractivity contribution is 5.69. The van der Waals surface area contributed by atoms with Crippen LogP contribution in [0.1, 0.15) is 12.5 Å². The number of benzene rings is 2. The molecule has 0 aliphatic heterocycles. The van der Waals surface area contributed by atoms with Crippen molar-refractivity contribution in [3.05, 3.63) is 79.0 Å². The summed E-state index contributed by atoms with van der Waals surface area (Å²) in [7, 11) is 0. The van der Waals surface area contributed by atoms with E-state index in [0.29, 0.717) is 0 Å².